The minimum absolute atomic E-state index is 0.224. The van der Waals surface area contributed by atoms with E-state index >= 15 is 0 Å². The monoisotopic (exact) mass is 471 g/mol. The summed E-state index contributed by atoms with van der Waals surface area (Å²) in [6.07, 6.45) is 7.53. The number of aromatic nitrogens is 4. The van der Waals surface area contributed by atoms with Gasteiger partial charge in [-0.05, 0) is 66.3 Å². The Morgan fingerprint density at radius 3 is 2.63 bits per heavy atom. The van der Waals surface area contributed by atoms with Crippen molar-refractivity contribution in [1.29, 1.82) is 0 Å². The van der Waals surface area contributed by atoms with Gasteiger partial charge in [-0.25, -0.2) is 0 Å². The molecule has 1 heterocycles. The first-order valence-electron chi connectivity index (χ1n) is 11.7. The minimum Gasteiger partial charge on any atom is -0.495 e. The van der Waals surface area contributed by atoms with E-state index in [1.54, 1.807) is 19.2 Å². The van der Waals surface area contributed by atoms with Crippen LogP contribution in [0, 0.1) is 0 Å². The van der Waals surface area contributed by atoms with Crippen molar-refractivity contribution in [3.63, 3.8) is 0 Å². The van der Waals surface area contributed by atoms with E-state index in [0.29, 0.717) is 35.0 Å². The number of ether oxygens (including phenoxy) is 2. The lowest BCUT2D eigenvalue weighted by Crippen LogP contribution is -2.12. The number of tetrazole rings is 1. The molecule has 0 aliphatic carbocycles. The summed E-state index contributed by atoms with van der Waals surface area (Å²) in [5.41, 5.74) is 1.84. The van der Waals surface area contributed by atoms with E-state index in [1.165, 1.54) is 12.8 Å². The lowest BCUT2D eigenvalue weighted by atomic mass is 10.0. The summed E-state index contributed by atoms with van der Waals surface area (Å²) in [7, 11) is 1.58. The molecule has 0 unspecified atom stereocenters. The Labute approximate surface area is 204 Å². The Hall–Kier alpha value is -4.20. The van der Waals surface area contributed by atoms with Crippen LogP contribution in [-0.4, -0.2) is 40.2 Å². The summed E-state index contributed by atoms with van der Waals surface area (Å²) < 4.78 is 11.5. The maximum atomic E-state index is 13.0. The van der Waals surface area contributed by atoms with Crippen LogP contribution in [0.3, 0.4) is 0 Å². The zero-order valence-corrected chi connectivity index (χ0v) is 19.8. The van der Waals surface area contributed by atoms with Crippen molar-refractivity contribution in [2.24, 2.45) is 0 Å². The first-order valence-corrected chi connectivity index (χ1v) is 11.7. The van der Waals surface area contributed by atoms with Crippen LogP contribution in [0.25, 0.3) is 22.2 Å². The van der Waals surface area contributed by atoms with Crippen molar-refractivity contribution >= 4 is 22.4 Å². The van der Waals surface area contributed by atoms with Crippen LogP contribution < -0.4 is 14.8 Å². The Kier molecular flexibility index (Phi) is 8.06. The normalized spacial score (nSPS) is 10.8. The number of amides is 1. The fraction of sp³-hybridized carbons (Fsp3) is 0.259. The number of nitrogens with one attached hydrogen (secondary N) is 2. The molecule has 3 aromatic carbocycles. The number of aromatic amines is 1. The van der Waals surface area contributed by atoms with Crippen LogP contribution >= 0.6 is 0 Å². The van der Waals surface area contributed by atoms with Gasteiger partial charge in [0.05, 0.1) is 25.0 Å². The van der Waals surface area contributed by atoms with Crippen LogP contribution in [0.4, 0.5) is 5.69 Å². The van der Waals surface area contributed by atoms with Crippen LogP contribution in [-0.2, 0) is 0 Å². The summed E-state index contributed by atoms with van der Waals surface area (Å²) in [5.74, 6) is 1.51. The number of rotatable bonds is 12. The summed E-state index contributed by atoms with van der Waals surface area (Å²) in [6, 6.07) is 16.7. The van der Waals surface area contributed by atoms with Gasteiger partial charge >= 0.3 is 0 Å². The molecule has 1 amide bonds. The van der Waals surface area contributed by atoms with Gasteiger partial charge in [0.1, 0.15) is 11.5 Å². The molecule has 8 heteroatoms. The van der Waals surface area contributed by atoms with Crippen molar-refractivity contribution in [2.45, 2.75) is 32.1 Å². The second kappa shape index (κ2) is 11.8. The number of nitrogens with zero attached hydrogens (tertiary/aromatic N) is 3. The van der Waals surface area contributed by atoms with Crippen molar-refractivity contribution in [2.75, 3.05) is 19.0 Å². The lowest BCUT2D eigenvalue weighted by molar-refractivity contribution is 0.102. The molecule has 0 aliphatic rings. The Bertz CT molecular complexity index is 1270. The van der Waals surface area contributed by atoms with E-state index in [1.807, 2.05) is 48.5 Å². The zero-order chi connectivity index (χ0) is 24.5. The third kappa shape index (κ3) is 5.84. The summed E-state index contributed by atoms with van der Waals surface area (Å²) >= 11 is 0. The highest BCUT2D eigenvalue weighted by atomic mass is 16.5. The largest absolute Gasteiger partial charge is 0.495 e. The molecule has 0 radical (unpaired) electrons. The highest BCUT2D eigenvalue weighted by Crippen LogP contribution is 2.39. The third-order valence-electron chi connectivity index (χ3n) is 5.72. The summed E-state index contributed by atoms with van der Waals surface area (Å²) in [4.78, 5) is 13.0. The predicted octanol–water partition coefficient (Wildman–Crippen LogP) is 5.80. The molecule has 8 nitrogen and oxygen atoms in total. The van der Waals surface area contributed by atoms with E-state index in [4.69, 9.17) is 9.47 Å². The van der Waals surface area contributed by atoms with E-state index in [9.17, 15) is 4.79 Å². The van der Waals surface area contributed by atoms with Gasteiger partial charge in [0.25, 0.3) is 5.91 Å². The molecule has 0 atom stereocenters. The first kappa shape index (κ1) is 23.9. The van der Waals surface area contributed by atoms with Gasteiger partial charge in [-0.1, -0.05) is 37.1 Å². The molecule has 0 bridgehead atoms. The van der Waals surface area contributed by atoms with Gasteiger partial charge in [-0.15, -0.1) is 16.8 Å². The van der Waals surface area contributed by atoms with E-state index < -0.39 is 0 Å². The van der Waals surface area contributed by atoms with E-state index in [0.717, 1.165) is 35.8 Å². The molecule has 4 rings (SSSR count). The van der Waals surface area contributed by atoms with Gasteiger partial charge < -0.3 is 14.8 Å². The average molecular weight is 472 g/mol. The third-order valence-corrected chi connectivity index (χ3v) is 5.72. The number of fused-ring (bicyclic) bond motifs is 1. The van der Waals surface area contributed by atoms with Crippen LogP contribution in [0.1, 0.15) is 42.5 Å². The van der Waals surface area contributed by atoms with Gasteiger partial charge in [0.2, 0.25) is 5.82 Å². The number of allylic oxidation sites excluding steroid dienone is 1. The van der Waals surface area contributed by atoms with Crippen LogP contribution in [0.5, 0.6) is 11.5 Å². The quantitative estimate of drug-likeness (QED) is 0.200. The fourth-order valence-electron chi connectivity index (χ4n) is 3.95. The van der Waals surface area contributed by atoms with Gasteiger partial charge in [-0.3, -0.25) is 4.79 Å². The van der Waals surface area contributed by atoms with E-state index in [2.05, 4.69) is 32.5 Å². The number of H-pyrrole nitrogens is 1. The highest BCUT2D eigenvalue weighted by molar-refractivity contribution is 6.11. The molecule has 35 heavy (non-hydrogen) atoms. The average Bonchev–Trinajstić information content (AvgIpc) is 3.43. The number of unbranched alkanes of at least 4 members (excludes halogenated alkanes) is 4. The maximum Gasteiger partial charge on any atom is 0.255 e. The molecule has 0 saturated heterocycles. The fourth-order valence-corrected chi connectivity index (χ4v) is 3.95. The second-order valence-corrected chi connectivity index (χ2v) is 8.10. The zero-order valence-electron chi connectivity index (χ0n) is 19.8. The molecule has 1 aromatic heterocycles. The molecular weight excluding hydrogens is 442 g/mol. The summed E-state index contributed by atoms with van der Waals surface area (Å²) in [6.45, 7) is 4.41. The van der Waals surface area contributed by atoms with Crippen molar-refractivity contribution in [1.82, 2.24) is 20.6 Å². The number of hydrogen-bond donors (Lipinski definition) is 2. The molecule has 0 aliphatic heterocycles. The number of hydrogen-bond acceptors (Lipinski definition) is 6. The Morgan fingerprint density at radius 2 is 1.89 bits per heavy atom. The summed E-state index contributed by atoms with van der Waals surface area (Å²) in [5, 5.41) is 18.9. The number of carbonyl (C=O) groups excluding carboxylic acids is 1. The predicted molar refractivity (Wildman–Crippen MR) is 137 cm³/mol. The van der Waals surface area contributed by atoms with Gasteiger partial charge in [0.15, 0.2) is 0 Å². The van der Waals surface area contributed by atoms with Gasteiger partial charge in [0, 0.05) is 10.9 Å². The number of carbonyl (C=O) groups is 1. The van der Waals surface area contributed by atoms with Crippen LogP contribution in [0.15, 0.2) is 67.3 Å². The molecule has 0 saturated carbocycles. The topological polar surface area (TPSA) is 102 Å². The number of benzene rings is 3. The Morgan fingerprint density at radius 1 is 1.06 bits per heavy atom. The van der Waals surface area contributed by atoms with Crippen molar-refractivity contribution in [3.05, 3.63) is 72.8 Å². The number of methoxy groups -OCH3 is 1. The maximum absolute atomic E-state index is 13.0. The molecular formula is C27H29N5O3. The van der Waals surface area contributed by atoms with Gasteiger partial charge in [-0.2, -0.15) is 5.21 Å². The smallest absolute Gasteiger partial charge is 0.255 e. The second-order valence-electron chi connectivity index (χ2n) is 8.10. The molecule has 4 aromatic rings. The Balaban J connectivity index is 1.45. The van der Waals surface area contributed by atoms with Crippen molar-refractivity contribution in [3.8, 4) is 22.9 Å². The molecule has 0 spiro atoms. The number of anilines is 1. The lowest BCUT2D eigenvalue weighted by Gasteiger charge is -2.14. The van der Waals surface area contributed by atoms with Crippen LogP contribution in [0.2, 0.25) is 0 Å². The van der Waals surface area contributed by atoms with E-state index in [-0.39, 0.29) is 5.91 Å². The van der Waals surface area contributed by atoms with Crippen molar-refractivity contribution < 1.29 is 14.3 Å². The molecule has 0 fully saturated rings. The standard InChI is InChI=1S/C27H29N5O3/c1-3-4-5-6-7-8-18-35-21-15-12-20(13-16-21)27(33)28-23-11-9-10-19-14-17-22(25(34-2)24(19)23)26-29-31-32-30-26/h3,9-17H,1,4-8,18H2,2H3,(H,28,33)(H,29,30,31,32). The molecule has 180 valence electrons. The first-order chi connectivity index (χ1) is 17.2. The molecule has 2 N–H and O–H groups in total. The SMILES string of the molecule is C=CCCCCCCOc1ccc(C(=O)Nc2cccc3ccc(-c4nn[nH]n4)c(OC)c23)cc1. The minimum atomic E-state index is -0.224. The highest BCUT2D eigenvalue weighted by Gasteiger charge is 2.17.